The second-order valence-corrected chi connectivity index (χ2v) is 6.29. The van der Waals surface area contributed by atoms with Crippen LogP contribution in [0.4, 0.5) is 5.69 Å². The highest BCUT2D eigenvalue weighted by Gasteiger charge is 2.11. The zero-order valence-electron chi connectivity index (χ0n) is 9.23. The fourth-order valence-electron chi connectivity index (χ4n) is 1.16. The molecular formula is C10H13ClN2O3S. The van der Waals surface area contributed by atoms with E-state index in [-0.39, 0.29) is 22.9 Å². The third-order valence-electron chi connectivity index (χ3n) is 1.99. The van der Waals surface area contributed by atoms with Gasteiger partial charge < -0.3 is 11.1 Å². The zero-order chi connectivity index (χ0) is 13.1. The molecule has 0 saturated carbocycles. The average Bonchev–Trinajstić information content (AvgIpc) is 2.19. The van der Waals surface area contributed by atoms with Crippen molar-refractivity contribution in [3.63, 3.8) is 0 Å². The summed E-state index contributed by atoms with van der Waals surface area (Å²) in [6.07, 6.45) is 1.10. The van der Waals surface area contributed by atoms with E-state index in [9.17, 15) is 13.2 Å². The van der Waals surface area contributed by atoms with E-state index in [1.165, 1.54) is 12.1 Å². The van der Waals surface area contributed by atoms with Gasteiger partial charge in [-0.05, 0) is 18.2 Å². The molecule has 0 saturated heterocycles. The SMILES string of the molecule is CS(=O)(=O)CCNC(=O)c1cc(N)ccc1Cl. The van der Waals surface area contributed by atoms with Crippen molar-refractivity contribution in [1.82, 2.24) is 5.32 Å². The van der Waals surface area contributed by atoms with Gasteiger partial charge in [0.25, 0.3) is 5.91 Å². The smallest absolute Gasteiger partial charge is 0.252 e. The van der Waals surface area contributed by atoms with Crippen molar-refractivity contribution in [3.05, 3.63) is 28.8 Å². The van der Waals surface area contributed by atoms with E-state index < -0.39 is 15.7 Å². The van der Waals surface area contributed by atoms with E-state index in [2.05, 4.69) is 5.32 Å². The maximum absolute atomic E-state index is 11.7. The van der Waals surface area contributed by atoms with Crippen molar-refractivity contribution in [3.8, 4) is 0 Å². The number of hydrogen-bond donors (Lipinski definition) is 2. The molecule has 94 valence electrons. The Kier molecular flexibility index (Phi) is 4.36. The fourth-order valence-corrected chi connectivity index (χ4v) is 1.84. The summed E-state index contributed by atoms with van der Waals surface area (Å²) < 4.78 is 21.7. The van der Waals surface area contributed by atoms with Crippen molar-refractivity contribution >= 4 is 33.0 Å². The van der Waals surface area contributed by atoms with Gasteiger partial charge >= 0.3 is 0 Å². The lowest BCUT2D eigenvalue weighted by Gasteiger charge is -2.06. The van der Waals surface area contributed by atoms with Crippen molar-refractivity contribution in [2.24, 2.45) is 0 Å². The van der Waals surface area contributed by atoms with Crippen LogP contribution in [0.5, 0.6) is 0 Å². The first-order chi connectivity index (χ1) is 7.79. The molecule has 0 aromatic heterocycles. The van der Waals surface area contributed by atoms with Crippen LogP contribution in [-0.2, 0) is 9.84 Å². The van der Waals surface area contributed by atoms with Gasteiger partial charge in [0.15, 0.2) is 0 Å². The quantitative estimate of drug-likeness (QED) is 0.792. The molecule has 1 rings (SSSR count). The van der Waals surface area contributed by atoms with Crippen LogP contribution in [-0.4, -0.2) is 32.9 Å². The summed E-state index contributed by atoms with van der Waals surface area (Å²) in [7, 11) is -3.09. The Morgan fingerprint density at radius 1 is 1.47 bits per heavy atom. The fraction of sp³-hybridized carbons (Fsp3) is 0.300. The Bertz CT molecular complexity index is 528. The minimum absolute atomic E-state index is 0.0444. The highest BCUT2D eigenvalue weighted by Crippen LogP contribution is 2.18. The molecule has 0 unspecified atom stereocenters. The summed E-state index contributed by atoms with van der Waals surface area (Å²) in [5, 5.41) is 2.74. The van der Waals surface area contributed by atoms with E-state index in [1.54, 1.807) is 6.07 Å². The molecule has 5 nitrogen and oxygen atoms in total. The third-order valence-corrected chi connectivity index (χ3v) is 3.27. The third kappa shape index (κ3) is 4.62. The van der Waals surface area contributed by atoms with Crippen LogP contribution in [0, 0.1) is 0 Å². The Labute approximate surface area is 105 Å². The molecule has 7 heteroatoms. The molecule has 3 N–H and O–H groups in total. The van der Waals surface area contributed by atoms with E-state index in [4.69, 9.17) is 17.3 Å². The molecular weight excluding hydrogens is 264 g/mol. The number of carbonyl (C=O) groups excluding carboxylic acids is 1. The number of nitrogen functional groups attached to an aromatic ring is 1. The van der Waals surface area contributed by atoms with Crippen LogP contribution in [0.2, 0.25) is 5.02 Å². The first-order valence-electron chi connectivity index (χ1n) is 4.80. The van der Waals surface area contributed by atoms with Crippen molar-refractivity contribution < 1.29 is 13.2 Å². The molecule has 0 fully saturated rings. The minimum Gasteiger partial charge on any atom is -0.399 e. The first kappa shape index (κ1) is 13.8. The van der Waals surface area contributed by atoms with Crippen molar-refractivity contribution in [2.45, 2.75) is 0 Å². The Balaban J connectivity index is 2.67. The molecule has 0 bridgehead atoms. The number of nitrogens with two attached hydrogens (primary N) is 1. The molecule has 0 heterocycles. The van der Waals surface area contributed by atoms with Gasteiger partial charge in [-0.2, -0.15) is 0 Å². The largest absolute Gasteiger partial charge is 0.399 e. The van der Waals surface area contributed by atoms with Gasteiger partial charge in [-0.15, -0.1) is 0 Å². The number of rotatable bonds is 4. The van der Waals surface area contributed by atoms with Gasteiger partial charge in [-0.1, -0.05) is 11.6 Å². The summed E-state index contributed by atoms with van der Waals surface area (Å²) in [4.78, 5) is 11.7. The lowest BCUT2D eigenvalue weighted by molar-refractivity contribution is 0.0956. The first-order valence-corrected chi connectivity index (χ1v) is 7.24. The predicted molar refractivity (Wildman–Crippen MR) is 67.9 cm³/mol. The number of carbonyl (C=O) groups is 1. The lowest BCUT2D eigenvalue weighted by Crippen LogP contribution is -2.29. The Morgan fingerprint density at radius 3 is 2.71 bits per heavy atom. The number of amides is 1. The summed E-state index contributed by atoms with van der Waals surface area (Å²) in [5.41, 5.74) is 6.18. The molecule has 0 aliphatic carbocycles. The van der Waals surface area contributed by atoms with Crippen LogP contribution in [0.15, 0.2) is 18.2 Å². The van der Waals surface area contributed by atoms with Gasteiger partial charge in [-0.25, -0.2) is 8.42 Å². The highest BCUT2D eigenvalue weighted by molar-refractivity contribution is 7.90. The number of halogens is 1. The van der Waals surface area contributed by atoms with E-state index in [0.717, 1.165) is 6.26 Å². The van der Waals surface area contributed by atoms with Crippen LogP contribution in [0.1, 0.15) is 10.4 Å². The Morgan fingerprint density at radius 2 is 2.12 bits per heavy atom. The summed E-state index contributed by atoms with van der Waals surface area (Å²) >= 11 is 5.83. The van der Waals surface area contributed by atoms with Crippen LogP contribution in [0.3, 0.4) is 0 Å². The molecule has 0 spiro atoms. The molecule has 1 aromatic carbocycles. The van der Waals surface area contributed by atoms with Crippen LogP contribution < -0.4 is 11.1 Å². The van der Waals surface area contributed by atoms with Gasteiger partial charge in [0, 0.05) is 18.5 Å². The summed E-state index contributed by atoms with van der Waals surface area (Å²) in [6, 6.07) is 4.54. The topological polar surface area (TPSA) is 89.3 Å². The van der Waals surface area contributed by atoms with Crippen LogP contribution >= 0.6 is 11.6 Å². The molecule has 0 atom stereocenters. The molecule has 1 amide bonds. The van der Waals surface area contributed by atoms with Crippen molar-refractivity contribution in [1.29, 1.82) is 0 Å². The molecule has 1 aromatic rings. The normalized spacial score (nSPS) is 11.2. The number of nitrogens with one attached hydrogen (secondary N) is 1. The highest BCUT2D eigenvalue weighted by atomic mass is 35.5. The van der Waals surface area contributed by atoms with E-state index in [0.29, 0.717) is 5.69 Å². The monoisotopic (exact) mass is 276 g/mol. The van der Waals surface area contributed by atoms with E-state index in [1.807, 2.05) is 0 Å². The second kappa shape index (κ2) is 5.37. The van der Waals surface area contributed by atoms with Gasteiger partial charge in [0.1, 0.15) is 9.84 Å². The van der Waals surface area contributed by atoms with Crippen molar-refractivity contribution in [2.75, 3.05) is 24.3 Å². The molecule has 0 radical (unpaired) electrons. The average molecular weight is 277 g/mol. The standard InChI is InChI=1S/C10H13ClN2O3S/c1-17(15,16)5-4-13-10(14)8-6-7(12)2-3-9(8)11/h2-3,6H,4-5,12H2,1H3,(H,13,14). The van der Waals surface area contributed by atoms with Gasteiger partial charge in [-0.3, -0.25) is 4.79 Å². The van der Waals surface area contributed by atoms with E-state index >= 15 is 0 Å². The Hall–Kier alpha value is -1.27. The zero-order valence-corrected chi connectivity index (χ0v) is 10.8. The number of hydrogen-bond acceptors (Lipinski definition) is 4. The maximum Gasteiger partial charge on any atom is 0.252 e. The number of anilines is 1. The summed E-state index contributed by atoms with van der Waals surface area (Å²) in [5.74, 6) is -0.551. The predicted octanol–water partition coefficient (Wildman–Crippen LogP) is 0.697. The molecule has 0 aliphatic heterocycles. The summed E-state index contributed by atoms with van der Waals surface area (Å²) in [6.45, 7) is 0.0444. The van der Waals surface area contributed by atoms with Crippen LogP contribution in [0.25, 0.3) is 0 Å². The molecule has 0 aliphatic rings. The van der Waals surface area contributed by atoms with Gasteiger partial charge in [0.2, 0.25) is 0 Å². The minimum atomic E-state index is -3.09. The lowest BCUT2D eigenvalue weighted by atomic mass is 10.2. The maximum atomic E-state index is 11.7. The number of benzene rings is 1. The second-order valence-electron chi connectivity index (χ2n) is 3.63. The number of sulfone groups is 1. The molecule has 17 heavy (non-hydrogen) atoms. The van der Waals surface area contributed by atoms with Gasteiger partial charge in [0.05, 0.1) is 16.3 Å².